The SMILES string of the molecule is COc1cccc(-c2ncccc2C(=O)Nc2nc(-c3nccc(C)c3C)cs2)c1. The Hall–Kier alpha value is -3.58. The fourth-order valence-electron chi connectivity index (χ4n) is 3.08. The summed E-state index contributed by atoms with van der Waals surface area (Å²) in [6, 6.07) is 12.9. The molecule has 0 atom stereocenters. The van der Waals surface area contributed by atoms with Crippen LogP contribution in [0.5, 0.6) is 5.75 Å². The molecule has 6 nitrogen and oxygen atoms in total. The van der Waals surface area contributed by atoms with Gasteiger partial charge >= 0.3 is 0 Å². The first-order valence-electron chi connectivity index (χ1n) is 9.35. The Balaban J connectivity index is 1.61. The number of pyridine rings is 2. The van der Waals surface area contributed by atoms with Gasteiger partial charge < -0.3 is 4.74 Å². The molecule has 3 aromatic heterocycles. The van der Waals surface area contributed by atoms with Crippen molar-refractivity contribution in [2.45, 2.75) is 13.8 Å². The number of nitrogens with zero attached hydrogens (tertiary/aromatic N) is 3. The van der Waals surface area contributed by atoms with Crippen LogP contribution in [0.1, 0.15) is 21.5 Å². The van der Waals surface area contributed by atoms with Gasteiger partial charge in [-0.15, -0.1) is 11.3 Å². The van der Waals surface area contributed by atoms with E-state index < -0.39 is 0 Å². The number of rotatable bonds is 5. The number of benzene rings is 1. The van der Waals surface area contributed by atoms with Gasteiger partial charge in [0.15, 0.2) is 5.13 Å². The summed E-state index contributed by atoms with van der Waals surface area (Å²) in [4.78, 5) is 26.4. The maximum Gasteiger partial charge on any atom is 0.259 e. The lowest BCUT2D eigenvalue weighted by molar-refractivity contribution is 0.102. The number of aromatic nitrogens is 3. The molecular formula is C23H20N4O2S. The molecule has 0 bridgehead atoms. The molecular weight excluding hydrogens is 396 g/mol. The maximum absolute atomic E-state index is 13.0. The Morgan fingerprint density at radius 2 is 1.87 bits per heavy atom. The topological polar surface area (TPSA) is 77.0 Å². The summed E-state index contributed by atoms with van der Waals surface area (Å²) < 4.78 is 5.29. The van der Waals surface area contributed by atoms with Crippen molar-refractivity contribution in [2.75, 3.05) is 12.4 Å². The summed E-state index contributed by atoms with van der Waals surface area (Å²) in [7, 11) is 1.61. The van der Waals surface area contributed by atoms with E-state index in [9.17, 15) is 4.79 Å². The lowest BCUT2D eigenvalue weighted by Crippen LogP contribution is -2.13. The third-order valence-electron chi connectivity index (χ3n) is 4.84. The van der Waals surface area contributed by atoms with Crippen molar-refractivity contribution >= 4 is 22.4 Å². The molecule has 0 saturated heterocycles. The molecule has 3 heterocycles. The second kappa shape index (κ2) is 8.42. The summed E-state index contributed by atoms with van der Waals surface area (Å²) in [5.41, 5.74) is 5.65. The molecule has 0 spiro atoms. The van der Waals surface area contributed by atoms with E-state index in [2.05, 4.69) is 20.3 Å². The van der Waals surface area contributed by atoms with Gasteiger partial charge in [-0.1, -0.05) is 12.1 Å². The van der Waals surface area contributed by atoms with Gasteiger partial charge in [-0.25, -0.2) is 4.98 Å². The molecule has 1 aromatic carbocycles. The largest absolute Gasteiger partial charge is 0.497 e. The number of hydrogen-bond acceptors (Lipinski definition) is 6. The second-order valence-electron chi connectivity index (χ2n) is 6.73. The number of carbonyl (C=O) groups excluding carboxylic acids is 1. The van der Waals surface area contributed by atoms with Crippen molar-refractivity contribution in [3.63, 3.8) is 0 Å². The Morgan fingerprint density at radius 3 is 2.70 bits per heavy atom. The Kier molecular flexibility index (Phi) is 5.54. The average Bonchev–Trinajstić information content (AvgIpc) is 3.23. The van der Waals surface area contributed by atoms with Crippen LogP contribution in [-0.4, -0.2) is 28.0 Å². The molecule has 1 N–H and O–H groups in total. The van der Waals surface area contributed by atoms with Crippen LogP contribution in [-0.2, 0) is 0 Å². The van der Waals surface area contributed by atoms with Gasteiger partial charge in [-0.3, -0.25) is 20.1 Å². The van der Waals surface area contributed by atoms with E-state index in [4.69, 9.17) is 4.74 Å². The zero-order chi connectivity index (χ0) is 21.1. The van der Waals surface area contributed by atoms with Crippen molar-refractivity contribution in [3.8, 4) is 28.4 Å². The summed E-state index contributed by atoms with van der Waals surface area (Å²) in [6.07, 6.45) is 3.44. The molecule has 0 fully saturated rings. The number of ether oxygens (including phenoxy) is 1. The predicted octanol–water partition coefficient (Wildman–Crippen LogP) is 5.14. The van der Waals surface area contributed by atoms with E-state index >= 15 is 0 Å². The molecule has 7 heteroatoms. The first kappa shape index (κ1) is 19.7. The number of hydrogen-bond donors (Lipinski definition) is 1. The van der Waals surface area contributed by atoms with Crippen molar-refractivity contribution in [2.24, 2.45) is 0 Å². The number of amides is 1. The lowest BCUT2D eigenvalue weighted by Gasteiger charge is -2.09. The summed E-state index contributed by atoms with van der Waals surface area (Å²) >= 11 is 1.37. The summed E-state index contributed by atoms with van der Waals surface area (Å²) in [6.45, 7) is 4.06. The van der Waals surface area contributed by atoms with E-state index in [0.29, 0.717) is 22.1 Å². The number of carbonyl (C=O) groups is 1. The van der Waals surface area contributed by atoms with E-state index in [1.165, 1.54) is 11.3 Å². The zero-order valence-electron chi connectivity index (χ0n) is 16.8. The quantitative estimate of drug-likeness (QED) is 0.487. The minimum absolute atomic E-state index is 0.268. The second-order valence-corrected chi connectivity index (χ2v) is 7.58. The standard InChI is InChI=1S/C23H20N4O2S/c1-14-9-11-25-20(15(14)2)19-13-30-23(26-19)27-22(28)18-8-5-10-24-21(18)16-6-4-7-17(12-16)29-3/h4-13H,1-3H3,(H,26,27,28). The lowest BCUT2D eigenvalue weighted by atomic mass is 10.1. The fraction of sp³-hybridized carbons (Fsp3) is 0.130. The van der Waals surface area contributed by atoms with Gasteiger partial charge in [0.05, 0.1) is 24.1 Å². The molecule has 150 valence electrons. The number of aryl methyl sites for hydroxylation is 1. The highest BCUT2D eigenvalue weighted by molar-refractivity contribution is 7.14. The minimum atomic E-state index is -0.268. The molecule has 0 aliphatic heterocycles. The molecule has 0 aliphatic carbocycles. The first-order chi connectivity index (χ1) is 14.6. The molecule has 0 radical (unpaired) electrons. The molecule has 0 aliphatic rings. The smallest absolute Gasteiger partial charge is 0.259 e. The van der Waals surface area contributed by atoms with Crippen molar-refractivity contribution in [1.29, 1.82) is 0 Å². The van der Waals surface area contributed by atoms with E-state index in [-0.39, 0.29) is 5.91 Å². The number of nitrogens with one attached hydrogen (secondary N) is 1. The average molecular weight is 417 g/mol. The van der Waals surface area contributed by atoms with Gasteiger partial charge in [0.25, 0.3) is 5.91 Å². The Morgan fingerprint density at radius 1 is 1.03 bits per heavy atom. The van der Waals surface area contributed by atoms with E-state index in [1.54, 1.807) is 31.6 Å². The van der Waals surface area contributed by atoms with Crippen LogP contribution >= 0.6 is 11.3 Å². The monoisotopic (exact) mass is 416 g/mol. The number of thiazole rings is 1. The molecule has 1 amide bonds. The van der Waals surface area contributed by atoms with Gasteiger partial charge in [0.2, 0.25) is 0 Å². The molecule has 4 rings (SSSR count). The van der Waals surface area contributed by atoms with Crippen molar-refractivity contribution in [3.05, 3.63) is 76.9 Å². The zero-order valence-corrected chi connectivity index (χ0v) is 17.7. The third-order valence-corrected chi connectivity index (χ3v) is 5.60. The van der Waals surface area contributed by atoms with Crippen LogP contribution in [0.4, 0.5) is 5.13 Å². The van der Waals surface area contributed by atoms with E-state index in [1.807, 2.05) is 49.6 Å². The van der Waals surface area contributed by atoms with Gasteiger partial charge in [-0.2, -0.15) is 0 Å². The van der Waals surface area contributed by atoms with Crippen LogP contribution in [0.25, 0.3) is 22.6 Å². The van der Waals surface area contributed by atoms with Crippen molar-refractivity contribution in [1.82, 2.24) is 15.0 Å². The van der Waals surface area contributed by atoms with Crippen LogP contribution < -0.4 is 10.1 Å². The number of anilines is 1. The molecule has 0 saturated carbocycles. The van der Waals surface area contributed by atoms with Crippen LogP contribution in [0.15, 0.2) is 60.2 Å². The Labute approximate surface area is 178 Å². The summed E-state index contributed by atoms with van der Waals surface area (Å²) in [5.74, 6) is 0.436. The number of methoxy groups -OCH3 is 1. The highest BCUT2D eigenvalue weighted by Gasteiger charge is 2.17. The van der Waals surface area contributed by atoms with Gasteiger partial charge in [-0.05, 0) is 55.3 Å². The van der Waals surface area contributed by atoms with Crippen LogP contribution in [0, 0.1) is 13.8 Å². The molecule has 4 aromatic rings. The first-order valence-corrected chi connectivity index (χ1v) is 10.2. The minimum Gasteiger partial charge on any atom is -0.497 e. The van der Waals surface area contributed by atoms with E-state index in [0.717, 1.165) is 28.1 Å². The maximum atomic E-state index is 13.0. The highest BCUT2D eigenvalue weighted by atomic mass is 32.1. The van der Waals surface area contributed by atoms with Gasteiger partial charge in [0, 0.05) is 23.3 Å². The summed E-state index contributed by atoms with van der Waals surface area (Å²) in [5, 5.41) is 5.30. The van der Waals surface area contributed by atoms with Crippen LogP contribution in [0.2, 0.25) is 0 Å². The highest BCUT2D eigenvalue weighted by Crippen LogP contribution is 2.29. The molecule has 30 heavy (non-hydrogen) atoms. The predicted molar refractivity (Wildman–Crippen MR) is 119 cm³/mol. The molecule has 0 unspecified atom stereocenters. The Bertz CT molecular complexity index is 1220. The van der Waals surface area contributed by atoms with Crippen molar-refractivity contribution < 1.29 is 9.53 Å². The third kappa shape index (κ3) is 3.92. The fourth-order valence-corrected chi connectivity index (χ4v) is 3.77. The van der Waals surface area contributed by atoms with Crippen LogP contribution in [0.3, 0.4) is 0 Å². The van der Waals surface area contributed by atoms with Gasteiger partial charge in [0.1, 0.15) is 11.4 Å². The normalized spacial score (nSPS) is 10.6.